The molecule has 0 aliphatic heterocycles. The van der Waals surface area contributed by atoms with Gasteiger partial charge in [0, 0.05) is 5.38 Å². The van der Waals surface area contributed by atoms with Crippen LogP contribution in [0.5, 0.6) is 0 Å². The Morgan fingerprint density at radius 3 is 2.67 bits per heavy atom. The van der Waals surface area contributed by atoms with Crippen LogP contribution < -0.4 is 5.32 Å². The van der Waals surface area contributed by atoms with Gasteiger partial charge in [0.1, 0.15) is 5.60 Å². The average Bonchev–Trinajstić information content (AvgIpc) is 2.76. The van der Waals surface area contributed by atoms with E-state index in [1.165, 1.54) is 5.38 Å². The Bertz CT molecular complexity index is 584. The minimum absolute atomic E-state index is 0.104. The van der Waals surface area contributed by atoms with E-state index in [1.54, 1.807) is 27.7 Å². The maximum absolute atomic E-state index is 11.6. The normalized spacial score (nSPS) is 10.5. The molecule has 0 aliphatic rings. The summed E-state index contributed by atoms with van der Waals surface area (Å²) in [5.74, 6) is -0.797. The van der Waals surface area contributed by atoms with Gasteiger partial charge in [0.25, 0.3) is 0 Å². The highest BCUT2D eigenvalue weighted by Gasteiger charge is 2.28. The standard InChI is InChI=1S/C12H16N4O4S/c1-5-19-9(17)8(16-13)7-6-21-10(14-7)15-11(18)20-12(2,3)4/h6H,5H2,1-4H3,(H,14,15,18). The van der Waals surface area contributed by atoms with Crippen LogP contribution in [-0.2, 0) is 14.3 Å². The molecule has 1 rings (SSSR count). The molecule has 0 bridgehead atoms. The first-order valence-corrected chi connectivity index (χ1v) is 7.00. The molecular formula is C12H16N4O4S. The molecule has 1 aromatic heterocycles. The molecule has 8 nitrogen and oxygen atoms in total. The number of anilines is 1. The van der Waals surface area contributed by atoms with Crippen LogP contribution in [-0.4, -0.2) is 39.8 Å². The Kier molecular flexibility index (Phi) is 5.57. The summed E-state index contributed by atoms with van der Waals surface area (Å²) in [6, 6.07) is 0. The second kappa shape index (κ2) is 6.96. The number of hydrogen-bond acceptors (Lipinski definition) is 6. The molecule has 0 saturated heterocycles. The number of rotatable bonds is 4. The number of ether oxygens (including phenoxy) is 2. The number of carbonyl (C=O) groups excluding carboxylic acids is 2. The number of amides is 1. The lowest BCUT2D eigenvalue weighted by Crippen LogP contribution is -2.27. The van der Waals surface area contributed by atoms with Gasteiger partial charge in [-0.05, 0) is 27.7 Å². The molecule has 0 atom stereocenters. The number of carbonyl (C=O) groups is 2. The van der Waals surface area contributed by atoms with Crippen molar-refractivity contribution in [2.45, 2.75) is 33.3 Å². The number of esters is 1. The van der Waals surface area contributed by atoms with Crippen molar-refractivity contribution in [3.8, 4) is 0 Å². The molecule has 0 spiro atoms. The van der Waals surface area contributed by atoms with Crippen LogP contribution >= 0.6 is 11.3 Å². The van der Waals surface area contributed by atoms with Gasteiger partial charge < -0.3 is 15.0 Å². The lowest BCUT2D eigenvalue weighted by atomic mass is 10.2. The largest absolute Gasteiger partial charge is 0.457 e. The third kappa shape index (κ3) is 5.33. The molecule has 21 heavy (non-hydrogen) atoms. The summed E-state index contributed by atoms with van der Waals surface area (Å²) < 4.78 is 9.80. The summed E-state index contributed by atoms with van der Waals surface area (Å²) in [5, 5.41) is 4.10. The third-order valence-corrected chi connectivity index (χ3v) is 2.68. The van der Waals surface area contributed by atoms with Crippen LogP contribution in [0.15, 0.2) is 5.38 Å². The molecule has 0 radical (unpaired) electrons. The second-order valence-corrected chi connectivity index (χ2v) is 5.69. The van der Waals surface area contributed by atoms with Gasteiger partial charge in [0.2, 0.25) is 0 Å². The summed E-state index contributed by atoms with van der Waals surface area (Å²) >= 11 is 1.06. The number of hydrogen-bond donors (Lipinski definition) is 1. The molecule has 0 aromatic carbocycles. The zero-order chi connectivity index (χ0) is 16.0. The van der Waals surface area contributed by atoms with Crippen LogP contribution in [0, 0.1) is 0 Å². The van der Waals surface area contributed by atoms with Crippen LogP contribution in [0.3, 0.4) is 0 Å². The Morgan fingerprint density at radius 1 is 1.48 bits per heavy atom. The Labute approximate surface area is 125 Å². The van der Waals surface area contributed by atoms with E-state index < -0.39 is 17.7 Å². The lowest BCUT2D eigenvalue weighted by Gasteiger charge is -2.18. The summed E-state index contributed by atoms with van der Waals surface area (Å²) in [4.78, 5) is 29.9. The minimum Gasteiger partial charge on any atom is -0.457 e. The third-order valence-electron chi connectivity index (χ3n) is 1.92. The van der Waals surface area contributed by atoms with Crippen LogP contribution in [0.1, 0.15) is 33.4 Å². The topological polar surface area (TPSA) is 114 Å². The molecule has 1 N–H and O–H groups in total. The molecule has 114 valence electrons. The van der Waals surface area contributed by atoms with Crippen LogP contribution in [0.4, 0.5) is 9.93 Å². The predicted octanol–water partition coefficient (Wildman–Crippen LogP) is 2.07. The molecular weight excluding hydrogens is 296 g/mol. The van der Waals surface area contributed by atoms with E-state index in [2.05, 4.69) is 15.1 Å². The maximum Gasteiger partial charge on any atom is 0.425 e. The van der Waals surface area contributed by atoms with E-state index >= 15 is 0 Å². The fraction of sp³-hybridized carbons (Fsp3) is 0.500. The SMILES string of the molecule is CCOC(=O)C(=[N+]=[N-])c1csc(NC(=O)OC(C)(C)C)n1. The molecule has 1 heterocycles. The Balaban J connectivity index is 2.79. The molecule has 0 saturated carbocycles. The quantitative estimate of drug-likeness (QED) is 0.395. The first kappa shape index (κ1) is 16.8. The molecule has 1 aromatic rings. The zero-order valence-electron chi connectivity index (χ0n) is 12.2. The molecule has 0 fully saturated rings. The highest BCUT2D eigenvalue weighted by molar-refractivity contribution is 7.14. The summed E-state index contributed by atoms with van der Waals surface area (Å²) in [5.41, 5.74) is 8.00. The number of nitrogens with one attached hydrogen (secondary N) is 1. The number of aromatic nitrogens is 1. The van der Waals surface area contributed by atoms with E-state index in [0.717, 1.165) is 11.3 Å². The average molecular weight is 312 g/mol. The first-order valence-electron chi connectivity index (χ1n) is 6.12. The fourth-order valence-electron chi connectivity index (χ4n) is 1.23. The second-order valence-electron chi connectivity index (χ2n) is 4.83. The highest BCUT2D eigenvalue weighted by atomic mass is 32.1. The van der Waals surface area contributed by atoms with Crippen molar-refractivity contribution in [3.63, 3.8) is 0 Å². The molecule has 9 heteroatoms. The highest BCUT2D eigenvalue weighted by Crippen LogP contribution is 2.17. The maximum atomic E-state index is 11.6. The van der Waals surface area contributed by atoms with Crippen molar-refractivity contribution < 1.29 is 23.9 Å². The molecule has 0 aliphatic carbocycles. The van der Waals surface area contributed by atoms with Gasteiger partial charge in [0.05, 0.1) is 6.61 Å². The smallest absolute Gasteiger partial charge is 0.425 e. The van der Waals surface area contributed by atoms with Crippen molar-refractivity contribution in [1.82, 2.24) is 4.98 Å². The van der Waals surface area contributed by atoms with Gasteiger partial charge in [-0.25, -0.2) is 14.6 Å². The van der Waals surface area contributed by atoms with E-state index in [1.807, 2.05) is 0 Å². The van der Waals surface area contributed by atoms with E-state index in [0.29, 0.717) is 0 Å². The zero-order valence-corrected chi connectivity index (χ0v) is 13.0. The summed E-state index contributed by atoms with van der Waals surface area (Å²) in [7, 11) is 0. The van der Waals surface area contributed by atoms with Crippen molar-refractivity contribution in [3.05, 3.63) is 16.6 Å². The first-order chi connectivity index (χ1) is 9.76. The van der Waals surface area contributed by atoms with Gasteiger partial charge in [-0.15, -0.1) is 11.3 Å². The van der Waals surface area contributed by atoms with Crippen molar-refractivity contribution in [2.75, 3.05) is 11.9 Å². The van der Waals surface area contributed by atoms with Gasteiger partial charge in [0.15, 0.2) is 10.8 Å². The number of nitrogens with zero attached hydrogens (tertiary/aromatic N) is 3. The Morgan fingerprint density at radius 2 is 2.14 bits per heavy atom. The van der Waals surface area contributed by atoms with Crippen molar-refractivity contribution in [1.29, 1.82) is 0 Å². The number of thiazole rings is 1. The van der Waals surface area contributed by atoms with Gasteiger partial charge in [-0.2, -0.15) is 4.79 Å². The van der Waals surface area contributed by atoms with Crippen LogP contribution in [0.25, 0.3) is 5.53 Å². The van der Waals surface area contributed by atoms with Crippen molar-refractivity contribution >= 4 is 34.2 Å². The van der Waals surface area contributed by atoms with Gasteiger partial charge in [-0.1, -0.05) is 0 Å². The molecule has 0 unspecified atom stereocenters. The fourth-order valence-corrected chi connectivity index (χ4v) is 1.91. The monoisotopic (exact) mass is 312 g/mol. The van der Waals surface area contributed by atoms with E-state index in [4.69, 9.17) is 15.0 Å². The summed E-state index contributed by atoms with van der Waals surface area (Å²) in [6.45, 7) is 6.97. The van der Waals surface area contributed by atoms with Crippen LogP contribution in [0.2, 0.25) is 0 Å². The minimum atomic E-state index is -0.797. The molecule has 1 amide bonds. The summed E-state index contributed by atoms with van der Waals surface area (Å²) in [6.07, 6.45) is -0.665. The van der Waals surface area contributed by atoms with E-state index in [-0.39, 0.29) is 23.1 Å². The Hall–Kier alpha value is -2.25. The predicted molar refractivity (Wildman–Crippen MR) is 76.3 cm³/mol. The van der Waals surface area contributed by atoms with Crippen molar-refractivity contribution in [2.24, 2.45) is 0 Å². The lowest BCUT2D eigenvalue weighted by molar-refractivity contribution is -0.139. The van der Waals surface area contributed by atoms with Gasteiger partial charge in [-0.3, -0.25) is 5.32 Å². The van der Waals surface area contributed by atoms with E-state index in [9.17, 15) is 9.59 Å². The van der Waals surface area contributed by atoms with Gasteiger partial charge >= 0.3 is 17.8 Å².